The van der Waals surface area contributed by atoms with Gasteiger partial charge in [-0.05, 0) is 37.0 Å². The molecule has 0 unspecified atom stereocenters. The average molecular weight is 568 g/mol. The molecule has 1 N–H and O–H groups in total. The van der Waals surface area contributed by atoms with Gasteiger partial charge in [0.1, 0.15) is 9.75 Å². The van der Waals surface area contributed by atoms with Crippen molar-refractivity contribution >= 4 is 81.5 Å². The summed E-state index contributed by atoms with van der Waals surface area (Å²) in [6.45, 7) is 7.06. The number of unbranched alkanes of at least 4 members (excludes halogenated alkanes) is 2. The first-order valence-corrected chi connectivity index (χ1v) is 13.4. The second kappa shape index (κ2) is 9.47. The number of amides is 1. The highest BCUT2D eigenvalue weighted by atomic mass is 35.5. The Hall–Kier alpha value is 0.420. The van der Waals surface area contributed by atoms with E-state index in [9.17, 15) is 14.7 Å². The zero-order valence-electron chi connectivity index (χ0n) is 18.3. The molecule has 0 aromatic rings. The number of carbonyl (C=O) groups is 2. The number of hydrogen-bond acceptors (Lipinski definition) is 2. The van der Waals surface area contributed by atoms with Gasteiger partial charge in [-0.3, -0.25) is 9.59 Å². The molecule has 10 heteroatoms. The smallest absolute Gasteiger partial charge is 0.307 e. The van der Waals surface area contributed by atoms with Gasteiger partial charge in [-0.2, -0.15) is 0 Å². The highest BCUT2D eigenvalue weighted by molar-refractivity contribution is 6.65. The van der Waals surface area contributed by atoms with Crippen molar-refractivity contribution in [2.75, 3.05) is 13.1 Å². The van der Waals surface area contributed by atoms with Gasteiger partial charge in [0, 0.05) is 13.1 Å². The second-order valence-corrected chi connectivity index (χ2v) is 12.6. The van der Waals surface area contributed by atoms with E-state index in [4.69, 9.17) is 69.6 Å². The number of allylic oxidation sites excluding steroid dienone is 2. The van der Waals surface area contributed by atoms with Crippen LogP contribution in [0.15, 0.2) is 10.1 Å². The van der Waals surface area contributed by atoms with E-state index < -0.39 is 49.6 Å². The van der Waals surface area contributed by atoms with Crippen LogP contribution < -0.4 is 0 Å². The number of carboxylic acids is 1. The van der Waals surface area contributed by atoms with E-state index in [1.165, 1.54) is 0 Å². The van der Waals surface area contributed by atoms with Gasteiger partial charge in [0.05, 0.1) is 21.9 Å². The van der Waals surface area contributed by atoms with E-state index in [1.807, 2.05) is 0 Å². The van der Waals surface area contributed by atoms with Crippen LogP contribution in [0.1, 0.15) is 52.9 Å². The number of aliphatic carboxylic acids is 1. The number of carboxylic acid groups (broad SMARTS) is 1. The first-order valence-electron chi connectivity index (χ1n) is 11.2. The van der Waals surface area contributed by atoms with Gasteiger partial charge in [0.25, 0.3) is 0 Å². The van der Waals surface area contributed by atoms with Gasteiger partial charge in [0.2, 0.25) is 5.91 Å². The molecular weight excluding hydrogens is 539 g/mol. The molecule has 0 spiro atoms. The minimum atomic E-state index is -1.74. The molecule has 1 amide bonds. The van der Waals surface area contributed by atoms with Gasteiger partial charge in [0.15, 0.2) is 4.33 Å². The predicted octanol–water partition coefficient (Wildman–Crippen LogP) is 6.85. The molecule has 3 rings (SSSR count). The lowest BCUT2D eigenvalue weighted by atomic mass is 9.58. The van der Waals surface area contributed by atoms with Crippen LogP contribution in [0.3, 0.4) is 0 Å². The number of carbonyl (C=O) groups excluding carboxylic acids is 1. The molecule has 3 aliphatic carbocycles. The van der Waals surface area contributed by atoms with E-state index in [-0.39, 0.29) is 22.4 Å². The molecule has 0 radical (unpaired) electrons. The van der Waals surface area contributed by atoms with Gasteiger partial charge in [-0.1, -0.05) is 80.0 Å². The molecule has 32 heavy (non-hydrogen) atoms. The molecule has 0 heterocycles. The van der Waals surface area contributed by atoms with Crippen molar-refractivity contribution in [2.24, 2.45) is 29.6 Å². The van der Waals surface area contributed by atoms with Crippen LogP contribution >= 0.6 is 69.6 Å². The van der Waals surface area contributed by atoms with Crippen molar-refractivity contribution < 1.29 is 14.7 Å². The Bertz CT molecular complexity index is 811. The fourth-order valence-electron chi connectivity index (χ4n) is 6.10. The summed E-state index contributed by atoms with van der Waals surface area (Å²) >= 11 is 40.5. The number of halogens is 6. The fraction of sp³-hybridized carbons (Fsp3) is 0.818. The molecule has 182 valence electrons. The number of rotatable bonds is 8. The average Bonchev–Trinajstić information content (AvgIpc) is 2.93. The largest absolute Gasteiger partial charge is 0.481 e. The molecule has 2 saturated carbocycles. The standard InChI is InChI=1S/C22H29Cl6NO3/c1-4-6-8-29(9-7-5-2)18(30)12-10-13-15(11(3)14(12)19(31)32)21(26)17(24)16(23)20(13,25)22(21,27)28/h11-15H,4-10H2,1-3H3,(H,31,32)/t11-,12+,13-,14-,15+,20-,21-/m0/s1. The first kappa shape index (κ1) is 27.0. The maximum absolute atomic E-state index is 13.7. The molecule has 2 bridgehead atoms. The summed E-state index contributed by atoms with van der Waals surface area (Å²) < 4.78 is -1.74. The molecule has 7 atom stereocenters. The SMILES string of the molecule is CCCCN(CCCC)C(=O)[C@@H]1C[C@H]2[C@@H]([C@@H](C)[C@@H]1C(=O)O)[C@]1(Cl)C(Cl)=C(Cl)[C@]2(Cl)C1(Cl)Cl. The number of nitrogens with zero attached hydrogens (tertiary/aromatic N) is 1. The van der Waals surface area contributed by atoms with E-state index in [1.54, 1.807) is 11.8 Å². The summed E-state index contributed by atoms with van der Waals surface area (Å²) in [5, 5.41) is 10.3. The Labute approximate surface area is 219 Å². The zero-order chi connectivity index (χ0) is 24.2. The van der Waals surface area contributed by atoms with E-state index in [0.717, 1.165) is 25.7 Å². The maximum atomic E-state index is 13.7. The molecule has 0 saturated heterocycles. The molecule has 0 aromatic heterocycles. The van der Waals surface area contributed by atoms with Crippen LogP contribution in [-0.2, 0) is 9.59 Å². The second-order valence-electron chi connectivity index (χ2n) is 9.36. The number of fused-ring (bicyclic) bond motifs is 5. The Balaban J connectivity index is 2.05. The fourth-order valence-corrected chi connectivity index (χ4v) is 9.26. The van der Waals surface area contributed by atoms with E-state index in [2.05, 4.69) is 13.8 Å². The third-order valence-corrected chi connectivity index (χ3v) is 12.0. The molecule has 2 fully saturated rings. The normalized spacial score (nSPS) is 39.8. The summed E-state index contributed by atoms with van der Waals surface area (Å²) in [5.41, 5.74) is 0. The lowest BCUT2D eigenvalue weighted by molar-refractivity contribution is -0.158. The van der Waals surface area contributed by atoms with Crippen LogP contribution in [0, 0.1) is 29.6 Å². The maximum Gasteiger partial charge on any atom is 0.307 e. The lowest BCUT2D eigenvalue weighted by Crippen LogP contribution is -2.54. The minimum Gasteiger partial charge on any atom is -0.481 e. The van der Waals surface area contributed by atoms with E-state index >= 15 is 0 Å². The third-order valence-electron chi connectivity index (χ3n) is 7.70. The van der Waals surface area contributed by atoms with Crippen molar-refractivity contribution in [3.05, 3.63) is 10.1 Å². The first-order chi connectivity index (χ1) is 14.8. The van der Waals surface area contributed by atoms with Crippen molar-refractivity contribution in [1.29, 1.82) is 0 Å². The highest BCUT2D eigenvalue weighted by Crippen LogP contribution is 2.79. The van der Waals surface area contributed by atoms with Crippen molar-refractivity contribution in [3.63, 3.8) is 0 Å². The quantitative estimate of drug-likeness (QED) is 0.326. The van der Waals surface area contributed by atoms with E-state index in [0.29, 0.717) is 13.1 Å². The Morgan fingerprint density at radius 1 is 1.00 bits per heavy atom. The summed E-state index contributed by atoms with van der Waals surface area (Å²) in [6.07, 6.45) is 3.75. The van der Waals surface area contributed by atoms with Crippen molar-refractivity contribution in [1.82, 2.24) is 4.90 Å². The predicted molar refractivity (Wildman–Crippen MR) is 132 cm³/mol. The molecule has 0 aromatic carbocycles. The molecule has 0 aliphatic heterocycles. The van der Waals surface area contributed by atoms with Gasteiger partial charge in [-0.15, -0.1) is 23.2 Å². The van der Waals surface area contributed by atoms with Crippen LogP contribution in [-0.4, -0.2) is 49.1 Å². The Morgan fingerprint density at radius 2 is 1.50 bits per heavy atom. The van der Waals surface area contributed by atoms with Gasteiger partial charge < -0.3 is 10.0 Å². The monoisotopic (exact) mass is 565 g/mol. The van der Waals surface area contributed by atoms with Crippen LogP contribution in [0.2, 0.25) is 0 Å². The topological polar surface area (TPSA) is 57.6 Å². The molecular formula is C22H29Cl6NO3. The summed E-state index contributed by atoms with van der Waals surface area (Å²) in [4.78, 5) is 24.9. The van der Waals surface area contributed by atoms with Crippen molar-refractivity contribution in [3.8, 4) is 0 Å². The Kier molecular flexibility index (Phi) is 7.99. The lowest BCUT2D eigenvalue weighted by Gasteiger charge is -2.49. The number of alkyl halides is 4. The number of hydrogen-bond donors (Lipinski definition) is 1. The Morgan fingerprint density at radius 3 is 1.97 bits per heavy atom. The third kappa shape index (κ3) is 3.53. The summed E-state index contributed by atoms with van der Waals surface area (Å²) in [6, 6.07) is 0. The minimum absolute atomic E-state index is 0.0652. The summed E-state index contributed by atoms with van der Waals surface area (Å²) in [5.74, 6) is -4.54. The highest BCUT2D eigenvalue weighted by Gasteiger charge is 2.84. The van der Waals surface area contributed by atoms with Crippen molar-refractivity contribution in [2.45, 2.75) is 67.0 Å². The zero-order valence-corrected chi connectivity index (χ0v) is 22.9. The van der Waals surface area contributed by atoms with Crippen LogP contribution in [0.5, 0.6) is 0 Å². The molecule has 3 aliphatic rings. The van der Waals surface area contributed by atoms with Gasteiger partial charge in [-0.25, -0.2) is 0 Å². The molecule has 4 nitrogen and oxygen atoms in total. The van der Waals surface area contributed by atoms with Crippen LogP contribution in [0.25, 0.3) is 0 Å². The van der Waals surface area contributed by atoms with Gasteiger partial charge >= 0.3 is 5.97 Å². The van der Waals surface area contributed by atoms with Crippen LogP contribution in [0.4, 0.5) is 0 Å². The summed E-state index contributed by atoms with van der Waals surface area (Å²) in [7, 11) is 0.